The topological polar surface area (TPSA) is 132 Å². The summed E-state index contributed by atoms with van der Waals surface area (Å²) in [6.07, 6.45) is 48.8. The molecule has 1 aliphatic rings. The molecule has 0 bridgehead atoms. The molecule has 1 heterocycles. The van der Waals surface area contributed by atoms with Gasteiger partial charge in [0.2, 0.25) is 0 Å². The Morgan fingerprint density at radius 1 is 0.604 bits per heavy atom. The maximum atomic E-state index is 12.4. The highest BCUT2D eigenvalue weighted by atomic mass is 31.2. The van der Waals surface area contributed by atoms with Gasteiger partial charge in [-0.3, -0.25) is 14.1 Å². The number of unbranched alkanes of at least 4 members (excludes halogenated alkanes) is 5. The summed E-state index contributed by atoms with van der Waals surface area (Å²) in [5.41, 5.74) is 0. The van der Waals surface area contributed by atoms with Crippen LogP contribution < -0.4 is 0 Å². The summed E-state index contributed by atoms with van der Waals surface area (Å²) in [5, 5.41) is 0. The number of hydrogen-bond acceptors (Lipinski definition) is 7. The normalized spacial score (nSPS) is 17.4. The van der Waals surface area contributed by atoms with Crippen LogP contribution in [-0.4, -0.2) is 53.3 Å². The lowest BCUT2D eigenvalue weighted by atomic mass is 10.1. The molecule has 0 amide bonds. The molecule has 1 saturated heterocycles. The van der Waals surface area contributed by atoms with E-state index in [9.17, 15) is 14.2 Å². The van der Waals surface area contributed by atoms with Crippen molar-refractivity contribution < 1.29 is 42.7 Å². The molecule has 0 spiro atoms. The monoisotopic (exact) mass is 758 g/mol. The summed E-state index contributed by atoms with van der Waals surface area (Å²) < 4.78 is 32.0. The van der Waals surface area contributed by atoms with Crippen molar-refractivity contribution in [3.05, 3.63) is 97.2 Å². The van der Waals surface area contributed by atoms with Gasteiger partial charge in [0.15, 0.2) is 6.10 Å². The fourth-order valence-corrected chi connectivity index (χ4v) is 5.33. The van der Waals surface area contributed by atoms with Crippen LogP contribution in [0.15, 0.2) is 97.2 Å². The summed E-state index contributed by atoms with van der Waals surface area (Å²) in [6.45, 7) is 3.41. The molecule has 2 unspecified atom stereocenters. The predicted octanol–water partition coefficient (Wildman–Crippen LogP) is 10.8. The average Bonchev–Trinajstić information content (AvgIpc) is 3.88. The van der Waals surface area contributed by atoms with Crippen LogP contribution >= 0.6 is 7.82 Å². The minimum atomic E-state index is -4.79. The van der Waals surface area contributed by atoms with Gasteiger partial charge in [-0.1, -0.05) is 124 Å². The third kappa shape index (κ3) is 33.3. The maximum absolute atomic E-state index is 12.4. The molecule has 1 rings (SSSR count). The smallest absolute Gasteiger partial charge is 0.462 e. The number of phosphoric ester groups is 1. The molecule has 298 valence electrons. The standard InChI is InChI=1S/C43H67O9P/c1-3-5-7-9-11-12-13-14-15-16-17-18-19-20-23-28-32-36-43(45)51-39(38-50-53(46,47)48)37-49-42(44)35-31-27-24-21-22-26-30-34-41-40(52-41)33-29-25-10-8-6-4-2/h5,7,11-12,14-15,17-18,20-21,23-26,29-30,39-41H,3-4,6,8-10,13,16,19,22,27-28,31-38H2,1-2H3,(H2,46,47,48)/b7-5-,12-11-,15-14-,18-17-,23-20-,24-21-,29-25-,30-26-/t39-,40?,41?/m1/s1. The molecule has 53 heavy (non-hydrogen) atoms. The largest absolute Gasteiger partial charge is 0.469 e. The Morgan fingerprint density at radius 3 is 1.58 bits per heavy atom. The van der Waals surface area contributed by atoms with Gasteiger partial charge in [-0.05, 0) is 89.9 Å². The summed E-state index contributed by atoms with van der Waals surface area (Å²) in [5.74, 6) is -1.04. The Kier molecular flexibility index (Phi) is 30.3. The Labute approximate surface area is 319 Å². The quantitative estimate of drug-likeness (QED) is 0.0221. The molecule has 0 aliphatic carbocycles. The number of carbonyl (C=O) groups is 2. The van der Waals surface area contributed by atoms with E-state index >= 15 is 0 Å². The van der Waals surface area contributed by atoms with Crippen molar-refractivity contribution in [3.8, 4) is 0 Å². The van der Waals surface area contributed by atoms with E-state index < -0.39 is 32.5 Å². The second-order valence-electron chi connectivity index (χ2n) is 12.9. The molecule has 9 nitrogen and oxygen atoms in total. The molecule has 0 radical (unpaired) electrons. The first-order valence-corrected chi connectivity index (χ1v) is 21.2. The van der Waals surface area contributed by atoms with Crippen molar-refractivity contribution in [2.24, 2.45) is 0 Å². The van der Waals surface area contributed by atoms with Gasteiger partial charge >= 0.3 is 19.8 Å². The van der Waals surface area contributed by atoms with Crippen molar-refractivity contribution in [1.29, 1.82) is 0 Å². The number of allylic oxidation sites excluding steroid dienone is 14. The van der Waals surface area contributed by atoms with Crippen molar-refractivity contribution in [2.75, 3.05) is 13.2 Å². The zero-order valence-corrected chi connectivity index (χ0v) is 33.2. The molecule has 1 fully saturated rings. The van der Waals surface area contributed by atoms with E-state index in [0.29, 0.717) is 37.9 Å². The SMILES string of the molecule is CC/C=C\C/C=C\C/C=C\C/C=C\C/C=C\CCCC(=O)O[C@H](COC(=O)CCC/C=C\C/C=C\CC1OC1C/C=C\CCCCC)COP(=O)(O)O. The molecule has 0 aromatic carbocycles. The van der Waals surface area contributed by atoms with Crippen LogP contribution in [0.4, 0.5) is 0 Å². The van der Waals surface area contributed by atoms with E-state index in [0.717, 1.165) is 57.8 Å². The van der Waals surface area contributed by atoms with E-state index in [-0.39, 0.29) is 19.4 Å². The molecule has 0 aromatic rings. The number of ether oxygens (including phenoxy) is 3. The average molecular weight is 759 g/mol. The van der Waals surface area contributed by atoms with Crippen molar-refractivity contribution in [3.63, 3.8) is 0 Å². The Bertz CT molecular complexity index is 1240. The number of phosphoric acid groups is 1. The highest BCUT2D eigenvalue weighted by molar-refractivity contribution is 7.46. The number of carbonyl (C=O) groups excluding carboxylic acids is 2. The molecule has 1 aliphatic heterocycles. The lowest BCUT2D eigenvalue weighted by molar-refractivity contribution is -0.161. The molecule has 0 aromatic heterocycles. The lowest BCUT2D eigenvalue weighted by Crippen LogP contribution is -2.29. The van der Waals surface area contributed by atoms with Crippen LogP contribution in [0.25, 0.3) is 0 Å². The van der Waals surface area contributed by atoms with Crippen molar-refractivity contribution >= 4 is 19.8 Å². The number of esters is 2. The summed E-state index contributed by atoms with van der Waals surface area (Å²) in [7, 11) is -4.79. The fraction of sp³-hybridized carbons (Fsp3) is 0.581. The molecule has 0 saturated carbocycles. The van der Waals surface area contributed by atoms with Gasteiger partial charge in [0, 0.05) is 12.8 Å². The Balaban J connectivity index is 2.18. The predicted molar refractivity (Wildman–Crippen MR) is 215 cm³/mol. The first-order valence-electron chi connectivity index (χ1n) is 19.7. The minimum Gasteiger partial charge on any atom is -0.462 e. The van der Waals surface area contributed by atoms with Gasteiger partial charge in [0.1, 0.15) is 6.61 Å². The first-order chi connectivity index (χ1) is 25.7. The zero-order chi connectivity index (χ0) is 38.7. The van der Waals surface area contributed by atoms with Gasteiger partial charge in [-0.15, -0.1) is 0 Å². The number of epoxide rings is 1. The van der Waals surface area contributed by atoms with Gasteiger partial charge in [-0.25, -0.2) is 4.57 Å². The second kappa shape index (κ2) is 33.5. The van der Waals surface area contributed by atoms with Gasteiger partial charge < -0.3 is 24.0 Å². The van der Waals surface area contributed by atoms with E-state index in [1.54, 1.807) is 0 Å². The van der Waals surface area contributed by atoms with Crippen LogP contribution in [0.5, 0.6) is 0 Å². The molecule has 2 N–H and O–H groups in total. The summed E-state index contributed by atoms with van der Waals surface area (Å²) in [6, 6.07) is 0. The lowest BCUT2D eigenvalue weighted by Gasteiger charge is -2.18. The van der Waals surface area contributed by atoms with Gasteiger partial charge in [-0.2, -0.15) is 0 Å². The van der Waals surface area contributed by atoms with Crippen LogP contribution in [0.3, 0.4) is 0 Å². The van der Waals surface area contributed by atoms with Gasteiger partial charge in [0.25, 0.3) is 0 Å². The Morgan fingerprint density at radius 2 is 1.06 bits per heavy atom. The maximum Gasteiger partial charge on any atom is 0.469 e. The highest BCUT2D eigenvalue weighted by Crippen LogP contribution is 2.36. The van der Waals surface area contributed by atoms with E-state index in [1.807, 2.05) is 18.2 Å². The van der Waals surface area contributed by atoms with Crippen LogP contribution in [0.2, 0.25) is 0 Å². The Hall–Kier alpha value is -3.07. The number of rotatable bonds is 33. The molecular weight excluding hydrogens is 691 g/mol. The summed E-state index contributed by atoms with van der Waals surface area (Å²) in [4.78, 5) is 42.8. The minimum absolute atomic E-state index is 0.113. The van der Waals surface area contributed by atoms with Crippen LogP contribution in [0.1, 0.15) is 129 Å². The van der Waals surface area contributed by atoms with E-state index in [1.165, 1.54) is 19.3 Å². The number of hydrogen-bond donors (Lipinski definition) is 2. The highest BCUT2D eigenvalue weighted by Gasteiger charge is 2.36. The molecular formula is C43H67O9P. The third-order valence-corrected chi connectivity index (χ3v) is 8.47. The molecule has 3 atom stereocenters. The van der Waals surface area contributed by atoms with Gasteiger partial charge in [0.05, 0.1) is 18.8 Å². The van der Waals surface area contributed by atoms with Crippen LogP contribution in [0, 0.1) is 0 Å². The van der Waals surface area contributed by atoms with E-state index in [2.05, 4.69) is 97.4 Å². The van der Waals surface area contributed by atoms with Crippen molar-refractivity contribution in [1.82, 2.24) is 0 Å². The van der Waals surface area contributed by atoms with Crippen molar-refractivity contribution in [2.45, 2.75) is 148 Å². The zero-order valence-electron chi connectivity index (χ0n) is 32.3. The molecule has 10 heteroatoms. The second-order valence-corrected chi connectivity index (χ2v) is 14.1. The first kappa shape index (κ1) is 48.0. The van der Waals surface area contributed by atoms with E-state index in [4.69, 9.17) is 24.0 Å². The fourth-order valence-electron chi connectivity index (χ4n) is 4.97. The third-order valence-electron chi connectivity index (χ3n) is 7.99. The van der Waals surface area contributed by atoms with Crippen LogP contribution in [-0.2, 0) is 32.9 Å². The summed E-state index contributed by atoms with van der Waals surface area (Å²) >= 11 is 0.